The van der Waals surface area contributed by atoms with E-state index in [2.05, 4.69) is 15.7 Å². The van der Waals surface area contributed by atoms with E-state index in [1.54, 1.807) is 17.9 Å². The molecule has 0 aliphatic heterocycles. The number of carbonyl (C=O) groups is 1. The average Bonchev–Trinajstić information content (AvgIpc) is 2.49. The maximum Gasteiger partial charge on any atom is 0.221 e. The van der Waals surface area contributed by atoms with E-state index in [0.29, 0.717) is 6.42 Å². The summed E-state index contributed by atoms with van der Waals surface area (Å²) in [5.41, 5.74) is 2.05. The number of hydrogen-bond donors (Lipinski definition) is 2. The number of nitrogens with one attached hydrogen (secondary N) is 2. The number of anilines is 1. The smallest absolute Gasteiger partial charge is 0.221 e. The van der Waals surface area contributed by atoms with Crippen LogP contribution in [0, 0.1) is 6.92 Å². The van der Waals surface area contributed by atoms with Crippen LogP contribution in [0.3, 0.4) is 0 Å². The lowest BCUT2D eigenvalue weighted by Crippen LogP contribution is -2.26. The highest BCUT2D eigenvalue weighted by Crippen LogP contribution is 2.14. The van der Waals surface area contributed by atoms with Crippen LogP contribution in [0.15, 0.2) is 6.20 Å². The summed E-state index contributed by atoms with van der Waals surface area (Å²) in [5.74, 6) is 0.0385. The third-order valence-electron chi connectivity index (χ3n) is 2.41. The van der Waals surface area contributed by atoms with E-state index >= 15 is 0 Å². The fourth-order valence-corrected chi connectivity index (χ4v) is 1.34. The highest BCUT2D eigenvalue weighted by molar-refractivity contribution is 5.76. The molecule has 5 nitrogen and oxygen atoms in total. The third kappa shape index (κ3) is 2.97. The fourth-order valence-electron chi connectivity index (χ4n) is 1.34. The standard InChI is InChI=1S/C10H18N4O/c1-7(5-10(15)11-3)13-9-6-12-14(4)8(9)2/h6-7,13H,5H2,1-4H3,(H,11,15). The average molecular weight is 210 g/mol. The number of nitrogens with zero attached hydrogens (tertiary/aromatic N) is 2. The molecule has 0 saturated carbocycles. The first-order chi connectivity index (χ1) is 7.04. The highest BCUT2D eigenvalue weighted by Gasteiger charge is 2.10. The molecular formula is C10H18N4O. The van der Waals surface area contributed by atoms with Crippen LogP contribution in [0.4, 0.5) is 5.69 Å². The number of aromatic nitrogens is 2. The van der Waals surface area contributed by atoms with Gasteiger partial charge in [0.25, 0.3) is 0 Å². The SMILES string of the molecule is CNC(=O)CC(C)Nc1cnn(C)c1C. The number of hydrogen-bond acceptors (Lipinski definition) is 3. The second-order valence-electron chi connectivity index (χ2n) is 3.69. The maximum atomic E-state index is 11.1. The fraction of sp³-hybridized carbons (Fsp3) is 0.600. The number of rotatable bonds is 4. The van der Waals surface area contributed by atoms with Crippen LogP contribution in [-0.4, -0.2) is 28.8 Å². The van der Waals surface area contributed by atoms with Gasteiger partial charge in [0.15, 0.2) is 0 Å². The first-order valence-corrected chi connectivity index (χ1v) is 5.00. The Labute approximate surface area is 89.9 Å². The molecule has 0 saturated heterocycles. The van der Waals surface area contributed by atoms with Crippen LogP contribution in [-0.2, 0) is 11.8 Å². The van der Waals surface area contributed by atoms with E-state index in [1.807, 2.05) is 20.9 Å². The lowest BCUT2D eigenvalue weighted by atomic mass is 10.2. The van der Waals surface area contributed by atoms with Gasteiger partial charge in [-0.15, -0.1) is 0 Å². The van der Waals surface area contributed by atoms with Crippen molar-refractivity contribution in [2.45, 2.75) is 26.3 Å². The van der Waals surface area contributed by atoms with E-state index in [0.717, 1.165) is 11.4 Å². The van der Waals surface area contributed by atoms with Crippen LogP contribution in [0.2, 0.25) is 0 Å². The lowest BCUT2D eigenvalue weighted by Gasteiger charge is -2.13. The molecule has 0 aliphatic rings. The Bertz CT molecular complexity index is 345. The maximum absolute atomic E-state index is 11.1. The number of carbonyl (C=O) groups excluding carboxylic acids is 1. The molecule has 1 rings (SSSR count). The molecule has 0 aromatic carbocycles. The van der Waals surface area contributed by atoms with Gasteiger partial charge >= 0.3 is 0 Å². The summed E-state index contributed by atoms with van der Waals surface area (Å²) in [6.07, 6.45) is 2.24. The number of aryl methyl sites for hydroxylation is 1. The zero-order valence-corrected chi connectivity index (χ0v) is 9.66. The summed E-state index contributed by atoms with van der Waals surface area (Å²) in [6, 6.07) is 0.104. The summed E-state index contributed by atoms with van der Waals surface area (Å²) in [4.78, 5) is 11.1. The zero-order valence-electron chi connectivity index (χ0n) is 9.66. The van der Waals surface area contributed by atoms with Gasteiger partial charge in [-0.1, -0.05) is 0 Å². The van der Waals surface area contributed by atoms with Crippen molar-refractivity contribution in [3.63, 3.8) is 0 Å². The Kier molecular flexibility index (Phi) is 3.71. The predicted octanol–water partition coefficient (Wildman–Crippen LogP) is 0.665. The summed E-state index contributed by atoms with van der Waals surface area (Å²) < 4.78 is 1.80. The van der Waals surface area contributed by atoms with Crippen LogP contribution < -0.4 is 10.6 Å². The van der Waals surface area contributed by atoms with Crippen LogP contribution in [0.25, 0.3) is 0 Å². The van der Waals surface area contributed by atoms with Gasteiger partial charge < -0.3 is 10.6 Å². The Balaban J connectivity index is 2.55. The van der Waals surface area contributed by atoms with Crippen LogP contribution in [0.1, 0.15) is 19.0 Å². The number of amides is 1. The normalized spacial score (nSPS) is 12.3. The van der Waals surface area contributed by atoms with Gasteiger partial charge in [0.2, 0.25) is 5.91 Å². The molecule has 1 aromatic heterocycles. The van der Waals surface area contributed by atoms with Gasteiger partial charge in [-0.3, -0.25) is 9.48 Å². The van der Waals surface area contributed by atoms with Gasteiger partial charge in [-0.25, -0.2) is 0 Å². The van der Waals surface area contributed by atoms with Gasteiger partial charge in [0.05, 0.1) is 17.6 Å². The minimum absolute atomic E-state index is 0.0385. The minimum Gasteiger partial charge on any atom is -0.379 e. The Morgan fingerprint density at radius 2 is 2.33 bits per heavy atom. The lowest BCUT2D eigenvalue weighted by molar-refractivity contribution is -0.120. The van der Waals surface area contributed by atoms with Crippen LogP contribution in [0.5, 0.6) is 0 Å². The van der Waals surface area contributed by atoms with Gasteiger partial charge in [0.1, 0.15) is 0 Å². The molecule has 0 aliphatic carbocycles. The minimum atomic E-state index is 0.0385. The van der Waals surface area contributed by atoms with E-state index in [1.165, 1.54) is 0 Å². The molecule has 1 aromatic rings. The van der Waals surface area contributed by atoms with E-state index < -0.39 is 0 Å². The first kappa shape index (κ1) is 11.6. The summed E-state index contributed by atoms with van der Waals surface area (Å²) in [5, 5.41) is 9.98. The topological polar surface area (TPSA) is 59.0 Å². The second kappa shape index (κ2) is 4.82. The summed E-state index contributed by atoms with van der Waals surface area (Å²) in [6.45, 7) is 3.96. The van der Waals surface area contributed by atoms with Gasteiger partial charge in [0, 0.05) is 26.6 Å². The van der Waals surface area contributed by atoms with Crippen LogP contribution >= 0.6 is 0 Å². The third-order valence-corrected chi connectivity index (χ3v) is 2.41. The Hall–Kier alpha value is -1.52. The van der Waals surface area contributed by atoms with Crippen molar-refractivity contribution < 1.29 is 4.79 Å². The van der Waals surface area contributed by atoms with E-state index in [-0.39, 0.29) is 11.9 Å². The molecule has 5 heteroatoms. The van der Waals surface area contributed by atoms with Crippen molar-refractivity contribution in [2.24, 2.45) is 7.05 Å². The largest absolute Gasteiger partial charge is 0.379 e. The van der Waals surface area contributed by atoms with Crippen molar-refractivity contribution in [2.75, 3.05) is 12.4 Å². The summed E-state index contributed by atoms with van der Waals surface area (Å²) >= 11 is 0. The molecule has 1 atom stereocenters. The Morgan fingerprint density at radius 1 is 1.67 bits per heavy atom. The molecule has 0 radical (unpaired) electrons. The molecule has 0 fully saturated rings. The van der Waals surface area contributed by atoms with Crippen molar-refractivity contribution >= 4 is 11.6 Å². The monoisotopic (exact) mass is 210 g/mol. The first-order valence-electron chi connectivity index (χ1n) is 5.00. The van der Waals surface area contributed by atoms with Crippen molar-refractivity contribution in [3.8, 4) is 0 Å². The molecule has 0 spiro atoms. The molecule has 84 valence electrons. The summed E-state index contributed by atoms with van der Waals surface area (Å²) in [7, 11) is 3.54. The van der Waals surface area contributed by atoms with Gasteiger partial charge in [-0.2, -0.15) is 5.10 Å². The molecular weight excluding hydrogens is 192 g/mol. The quantitative estimate of drug-likeness (QED) is 0.767. The molecule has 1 heterocycles. The van der Waals surface area contributed by atoms with E-state index in [9.17, 15) is 4.79 Å². The molecule has 2 N–H and O–H groups in total. The van der Waals surface area contributed by atoms with Crippen molar-refractivity contribution in [3.05, 3.63) is 11.9 Å². The highest BCUT2D eigenvalue weighted by atomic mass is 16.1. The van der Waals surface area contributed by atoms with Crippen molar-refractivity contribution in [1.82, 2.24) is 15.1 Å². The Morgan fingerprint density at radius 3 is 2.80 bits per heavy atom. The zero-order chi connectivity index (χ0) is 11.4. The molecule has 15 heavy (non-hydrogen) atoms. The molecule has 1 unspecified atom stereocenters. The van der Waals surface area contributed by atoms with E-state index in [4.69, 9.17) is 0 Å². The second-order valence-corrected chi connectivity index (χ2v) is 3.69. The molecule has 0 bridgehead atoms. The van der Waals surface area contributed by atoms with Crippen molar-refractivity contribution in [1.29, 1.82) is 0 Å². The predicted molar refractivity (Wildman–Crippen MR) is 59.7 cm³/mol. The molecule has 1 amide bonds. The van der Waals surface area contributed by atoms with Gasteiger partial charge in [-0.05, 0) is 13.8 Å².